The second-order valence-corrected chi connectivity index (χ2v) is 5.66. The van der Waals surface area contributed by atoms with Crippen LogP contribution >= 0.6 is 0 Å². The molecule has 0 spiro atoms. The van der Waals surface area contributed by atoms with Crippen molar-refractivity contribution >= 4 is 0 Å². The third kappa shape index (κ3) is 4.29. The molecule has 0 saturated heterocycles. The Hall–Kier alpha value is -1.91. The fourth-order valence-electron chi connectivity index (χ4n) is 2.56. The molecule has 22 heavy (non-hydrogen) atoms. The first-order valence-corrected chi connectivity index (χ1v) is 7.43. The van der Waals surface area contributed by atoms with E-state index < -0.39 is 0 Å². The number of hydrogen-bond acceptors (Lipinski definition) is 3. The minimum absolute atomic E-state index is 0.0466. The van der Waals surface area contributed by atoms with Crippen LogP contribution in [-0.2, 0) is 12.0 Å². The smallest absolute Gasteiger partial charge is 0.123 e. The monoisotopic (exact) mass is 303 g/mol. The van der Waals surface area contributed by atoms with E-state index in [0.29, 0.717) is 6.54 Å². The molecule has 3 nitrogen and oxygen atoms in total. The van der Waals surface area contributed by atoms with E-state index in [2.05, 4.69) is 5.32 Å². The normalized spacial score (nSPS) is 13.8. The van der Waals surface area contributed by atoms with Crippen molar-refractivity contribution in [2.45, 2.75) is 25.3 Å². The Bertz CT molecular complexity index is 600. The molecule has 0 aliphatic rings. The molecule has 0 fully saturated rings. The molecular weight excluding hydrogens is 281 g/mol. The first-order valence-electron chi connectivity index (χ1n) is 7.43. The van der Waals surface area contributed by atoms with Gasteiger partial charge in [-0.15, -0.1) is 0 Å². The topological polar surface area (TPSA) is 52.5 Å². The van der Waals surface area contributed by atoms with E-state index in [4.69, 9.17) is 5.11 Å². The standard InChI is InChI=1S/C18H22FNO2/c1-18(20-11-12-21,15-3-2-4-17(22)13-15)10-9-14-5-7-16(19)8-6-14/h2-8,13,20-22H,9-12H2,1H3. The number of benzene rings is 2. The van der Waals surface area contributed by atoms with Gasteiger partial charge in [0.25, 0.3) is 0 Å². The lowest BCUT2D eigenvalue weighted by Gasteiger charge is -2.32. The molecule has 0 saturated carbocycles. The van der Waals surface area contributed by atoms with Crippen molar-refractivity contribution in [1.82, 2.24) is 5.32 Å². The van der Waals surface area contributed by atoms with E-state index in [-0.39, 0.29) is 23.7 Å². The number of phenols is 1. The predicted octanol–water partition coefficient (Wildman–Crippen LogP) is 2.96. The van der Waals surface area contributed by atoms with E-state index in [1.807, 2.05) is 13.0 Å². The summed E-state index contributed by atoms with van der Waals surface area (Å²) in [7, 11) is 0. The number of nitrogens with one attached hydrogen (secondary N) is 1. The van der Waals surface area contributed by atoms with Gasteiger partial charge in [0, 0.05) is 12.1 Å². The Morgan fingerprint density at radius 2 is 1.86 bits per heavy atom. The number of aliphatic hydroxyl groups excluding tert-OH is 1. The first-order chi connectivity index (χ1) is 10.5. The fraction of sp³-hybridized carbons (Fsp3) is 0.333. The highest BCUT2D eigenvalue weighted by Crippen LogP contribution is 2.28. The van der Waals surface area contributed by atoms with Crippen LogP contribution in [0, 0.1) is 5.82 Å². The highest BCUT2D eigenvalue weighted by Gasteiger charge is 2.25. The van der Waals surface area contributed by atoms with E-state index in [1.54, 1.807) is 30.3 Å². The van der Waals surface area contributed by atoms with Gasteiger partial charge >= 0.3 is 0 Å². The van der Waals surface area contributed by atoms with Gasteiger partial charge in [0.2, 0.25) is 0 Å². The Morgan fingerprint density at radius 1 is 1.14 bits per heavy atom. The van der Waals surface area contributed by atoms with Gasteiger partial charge in [0.15, 0.2) is 0 Å². The summed E-state index contributed by atoms with van der Waals surface area (Å²) >= 11 is 0. The number of phenolic OH excluding ortho intramolecular Hbond substituents is 1. The summed E-state index contributed by atoms with van der Waals surface area (Å²) in [6, 6.07) is 13.6. The van der Waals surface area contributed by atoms with E-state index in [0.717, 1.165) is 24.0 Å². The second-order valence-electron chi connectivity index (χ2n) is 5.66. The zero-order valence-corrected chi connectivity index (χ0v) is 12.7. The molecular formula is C18H22FNO2. The maximum absolute atomic E-state index is 13.0. The maximum Gasteiger partial charge on any atom is 0.123 e. The van der Waals surface area contributed by atoms with Gasteiger partial charge < -0.3 is 15.5 Å². The maximum atomic E-state index is 13.0. The van der Waals surface area contributed by atoms with Crippen molar-refractivity contribution in [2.24, 2.45) is 0 Å². The summed E-state index contributed by atoms with van der Waals surface area (Å²) in [6.45, 7) is 2.56. The van der Waals surface area contributed by atoms with Crippen LogP contribution in [0.15, 0.2) is 48.5 Å². The Balaban J connectivity index is 2.16. The molecule has 2 aromatic rings. The molecule has 2 aromatic carbocycles. The zero-order valence-electron chi connectivity index (χ0n) is 12.7. The van der Waals surface area contributed by atoms with Crippen molar-refractivity contribution in [3.05, 3.63) is 65.5 Å². The highest BCUT2D eigenvalue weighted by atomic mass is 19.1. The summed E-state index contributed by atoms with van der Waals surface area (Å²) in [5, 5.41) is 22.1. The highest BCUT2D eigenvalue weighted by molar-refractivity contribution is 5.32. The average Bonchev–Trinajstić information content (AvgIpc) is 2.52. The average molecular weight is 303 g/mol. The summed E-state index contributed by atoms with van der Waals surface area (Å²) < 4.78 is 13.0. The van der Waals surface area contributed by atoms with Crippen LogP contribution in [0.3, 0.4) is 0 Å². The molecule has 0 bridgehead atoms. The van der Waals surface area contributed by atoms with Gasteiger partial charge in [-0.2, -0.15) is 0 Å². The van der Waals surface area contributed by atoms with Crippen LogP contribution in [0.25, 0.3) is 0 Å². The summed E-state index contributed by atoms with van der Waals surface area (Å²) in [4.78, 5) is 0. The van der Waals surface area contributed by atoms with Gasteiger partial charge in [-0.3, -0.25) is 0 Å². The third-order valence-corrected chi connectivity index (χ3v) is 3.94. The van der Waals surface area contributed by atoms with Crippen molar-refractivity contribution in [3.8, 4) is 5.75 Å². The second kappa shape index (κ2) is 7.38. The van der Waals surface area contributed by atoms with Crippen molar-refractivity contribution in [2.75, 3.05) is 13.2 Å². The van der Waals surface area contributed by atoms with Gasteiger partial charge in [0.1, 0.15) is 11.6 Å². The van der Waals surface area contributed by atoms with Crippen LogP contribution < -0.4 is 5.32 Å². The Morgan fingerprint density at radius 3 is 2.50 bits per heavy atom. The molecule has 4 heteroatoms. The molecule has 0 aromatic heterocycles. The van der Waals surface area contributed by atoms with Crippen LogP contribution in [-0.4, -0.2) is 23.4 Å². The van der Waals surface area contributed by atoms with Crippen molar-refractivity contribution in [3.63, 3.8) is 0 Å². The first kappa shape index (κ1) is 16.5. The van der Waals surface area contributed by atoms with Crippen LogP contribution in [0.1, 0.15) is 24.5 Å². The lowest BCUT2D eigenvalue weighted by molar-refractivity contribution is 0.253. The zero-order chi connectivity index (χ0) is 16.0. The minimum Gasteiger partial charge on any atom is -0.508 e. The van der Waals surface area contributed by atoms with E-state index >= 15 is 0 Å². The van der Waals surface area contributed by atoms with Crippen LogP contribution in [0.5, 0.6) is 5.75 Å². The predicted molar refractivity (Wildman–Crippen MR) is 85.3 cm³/mol. The van der Waals surface area contributed by atoms with E-state index in [1.165, 1.54) is 12.1 Å². The fourth-order valence-corrected chi connectivity index (χ4v) is 2.56. The quantitative estimate of drug-likeness (QED) is 0.737. The van der Waals surface area contributed by atoms with Gasteiger partial charge in [0.05, 0.1) is 6.61 Å². The summed E-state index contributed by atoms with van der Waals surface area (Å²) in [6.07, 6.45) is 1.53. The Kier molecular flexibility index (Phi) is 5.52. The minimum atomic E-state index is -0.379. The lowest BCUT2D eigenvalue weighted by atomic mass is 9.85. The summed E-state index contributed by atoms with van der Waals surface area (Å²) in [5.41, 5.74) is 1.64. The SMILES string of the molecule is CC(CCc1ccc(F)cc1)(NCCO)c1cccc(O)c1. The van der Waals surface area contributed by atoms with Crippen molar-refractivity contribution < 1.29 is 14.6 Å². The van der Waals surface area contributed by atoms with Gasteiger partial charge in [-0.05, 0) is 55.2 Å². The molecule has 3 N–H and O–H groups in total. The van der Waals surface area contributed by atoms with Gasteiger partial charge in [-0.1, -0.05) is 24.3 Å². The number of hydrogen-bond donors (Lipinski definition) is 3. The molecule has 0 amide bonds. The largest absolute Gasteiger partial charge is 0.508 e. The molecule has 0 aliphatic carbocycles. The molecule has 0 heterocycles. The van der Waals surface area contributed by atoms with Crippen molar-refractivity contribution in [1.29, 1.82) is 0 Å². The number of aromatic hydroxyl groups is 1. The number of aliphatic hydroxyl groups is 1. The molecule has 1 atom stereocenters. The molecule has 2 rings (SSSR count). The van der Waals surface area contributed by atoms with E-state index in [9.17, 15) is 9.50 Å². The molecule has 0 aliphatic heterocycles. The third-order valence-electron chi connectivity index (χ3n) is 3.94. The number of aryl methyl sites for hydroxylation is 1. The summed E-state index contributed by atoms with van der Waals surface area (Å²) in [5.74, 6) is -0.0193. The number of halogens is 1. The number of rotatable bonds is 7. The van der Waals surface area contributed by atoms with Gasteiger partial charge in [-0.25, -0.2) is 4.39 Å². The molecule has 0 radical (unpaired) electrons. The molecule has 1 unspecified atom stereocenters. The van der Waals surface area contributed by atoms with Crippen LogP contribution in [0.4, 0.5) is 4.39 Å². The Labute approximate surface area is 130 Å². The van der Waals surface area contributed by atoms with Crippen LogP contribution in [0.2, 0.25) is 0 Å². The molecule has 118 valence electrons. The lowest BCUT2D eigenvalue weighted by Crippen LogP contribution is -2.41.